The first kappa shape index (κ1) is 24.1. The van der Waals surface area contributed by atoms with Gasteiger partial charge in [-0.3, -0.25) is 9.69 Å². The van der Waals surface area contributed by atoms with Crippen LogP contribution in [0.5, 0.6) is 5.75 Å². The highest BCUT2D eigenvalue weighted by Crippen LogP contribution is 2.46. The zero-order valence-corrected chi connectivity index (χ0v) is 21.2. The average molecular weight is 482 g/mol. The minimum atomic E-state index is -0.461. The zero-order valence-electron chi connectivity index (χ0n) is 20.4. The quantitative estimate of drug-likeness (QED) is 0.409. The van der Waals surface area contributed by atoms with Crippen molar-refractivity contribution >= 4 is 35.3 Å². The van der Waals surface area contributed by atoms with Gasteiger partial charge in [0, 0.05) is 34.4 Å². The van der Waals surface area contributed by atoms with Crippen LogP contribution in [-0.4, -0.2) is 36.0 Å². The summed E-state index contributed by atoms with van der Waals surface area (Å²) >= 11 is 6.23. The van der Waals surface area contributed by atoms with Gasteiger partial charge in [-0.1, -0.05) is 43.6 Å². The van der Waals surface area contributed by atoms with Crippen molar-refractivity contribution in [3.63, 3.8) is 0 Å². The molecule has 2 heterocycles. The maximum Gasteiger partial charge on any atom is 0.329 e. The van der Waals surface area contributed by atoms with Gasteiger partial charge in [-0.05, 0) is 61.9 Å². The number of nitrogens with one attached hydrogen (secondary N) is 1. The van der Waals surface area contributed by atoms with Gasteiger partial charge in [-0.15, -0.1) is 0 Å². The van der Waals surface area contributed by atoms with Crippen molar-refractivity contribution in [2.45, 2.75) is 58.5 Å². The standard InChI is InChI=1S/C27H32ClN3O3/c1-6-11-31-23-14-24(34-5)19(12-20(23)17(2)15-27(31,3)4)13-22-25(32)30(26(33)29-22)16-18-9-7-8-10-21(18)28/h7-10,12-14,17H,6,11,15-16H2,1-5H3,(H,29,33)/b22-13+. The smallest absolute Gasteiger partial charge is 0.329 e. The number of benzene rings is 2. The summed E-state index contributed by atoms with van der Waals surface area (Å²) < 4.78 is 5.73. The molecule has 1 saturated heterocycles. The number of anilines is 1. The monoisotopic (exact) mass is 481 g/mol. The average Bonchev–Trinajstić information content (AvgIpc) is 3.05. The van der Waals surface area contributed by atoms with Crippen LogP contribution < -0.4 is 15.0 Å². The Kier molecular flexibility index (Phi) is 6.63. The minimum absolute atomic E-state index is 0.0437. The van der Waals surface area contributed by atoms with Crippen LogP contribution in [0.3, 0.4) is 0 Å². The number of methoxy groups -OCH3 is 1. The first-order valence-electron chi connectivity index (χ1n) is 11.7. The van der Waals surface area contributed by atoms with Crippen LogP contribution in [0, 0.1) is 0 Å². The molecule has 0 aromatic heterocycles. The topological polar surface area (TPSA) is 61.9 Å². The third-order valence-electron chi connectivity index (χ3n) is 6.73. The number of hydrogen-bond acceptors (Lipinski definition) is 4. The van der Waals surface area contributed by atoms with Gasteiger partial charge in [0.05, 0.1) is 13.7 Å². The number of halogens is 1. The second-order valence-electron chi connectivity index (χ2n) is 9.69. The van der Waals surface area contributed by atoms with Crippen LogP contribution >= 0.6 is 11.6 Å². The summed E-state index contributed by atoms with van der Waals surface area (Å²) in [6, 6.07) is 10.9. The molecule has 4 rings (SSSR count). The van der Waals surface area contributed by atoms with Crippen LogP contribution in [0.25, 0.3) is 6.08 Å². The molecule has 0 bridgehead atoms. The second kappa shape index (κ2) is 9.34. The molecule has 34 heavy (non-hydrogen) atoms. The number of carbonyl (C=O) groups is 2. The molecule has 2 aromatic carbocycles. The van der Waals surface area contributed by atoms with E-state index in [1.54, 1.807) is 19.3 Å². The Morgan fingerprint density at radius 3 is 2.65 bits per heavy atom. The van der Waals surface area contributed by atoms with Gasteiger partial charge < -0.3 is 15.0 Å². The van der Waals surface area contributed by atoms with E-state index in [1.165, 1.54) is 16.2 Å². The molecule has 7 heteroatoms. The van der Waals surface area contributed by atoms with E-state index in [0.29, 0.717) is 22.3 Å². The summed E-state index contributed by atoms with van der Waals surface area (Å²) in [6.45, 7) is 10.1. The van der Waals surface area contributed by atoms with E-state index in [4.69, 9.17) is 16.3 Å². The molecule has 1 atom stereocenters. The van der Waals surface area contributed by atoms with E-state index in [9.17, 15) is 9.59 Å². The number of urea groups is 1. The van der Waals surface area contributed by atoms with Crippen molar-refractivity contribution in [1.29, 1.82) is 0 Å². The van der Waals surface area contributed by atoms with Gasteiger partial charge in [-0.25, -0.2) is 4.79 Å². The normalized spacial score (nSPS) is 20.5. The molecule has 1 unspecified atom stereocenters. The molecule has 180 valence electrons. The molecule has 6 nitrogen and oxygen atoms in total. The Morgan fingerprint density at radius 2 is 1.97 bits per heavy atom. The van der Waals surface area contributed by atoms with E-state index in [1.807, 2.05) is 18.2 Å². The molecule has 3 amide bonds. The Morgan fingerprint density at radius 1 is 1.24 bits per heavy atom. The number of imide groups is 1. The SMILES string of the molecule is CCCN1c2cc(OC)c(/C=C3/NC(=O)N(Cc4ccccc4Cl)C3=O)cc2C(C)CC1(C)C. The minimum Gasteiger partial charge on any atom is -0.496 e. The number of ether oxygens (including phenoxy) is 1. The van der Waals surface area contributed by atoms with Crippen molar-refractivity contribution in [3.8, 4) is 5.75 Å². The number of carbonyl (C=O) groups excluding carboxylic acids is 2. The first-order chi connectivity index (χ1) is 16.2. The van der Waals surface area contributed by atoms with E-state index in [2.05, 4.69) is 50.0 Å². The van der Waals surface area contributed by atoms with Crippen LogP contribution in [0.15, 0.2) is 42.1 Å². The lowest BCUT2D eigenvalue weighted by atomic mass is 9.79. The molecule has 1 fully saturated rings. The molecular weight excluding hydrogens is 450 g/mol. The third kappa shape index (κ3) is 4.39. The fourth-order valence-corrected chi connectivity index (χ4v) is 5.33. The third-order valence-corrected chi connectivity index (χ3v) is 7.10. The number of nitrogens with zero attached hydrogens (tertiary/aromatic N) is 2. The molecule has 0 aliphatic carbocycles. The fraction of sp³-hybridized carbons (Fsp3) is 0.407. The zero-order chi connectivity index (χ0) is 24.6. The molecule has 2 aliphatic heterocycles. The summed E-state index contributed by atoms with van der Waals surface area (Å²) in [4.78, 5) is 29.3. The summed E-state index contributed by atoms with van der Waals surface area (Å²) in [5.41, 5.74) is 4.16. The van der Waals surface area contributed by atoms with E-state index in [0.717, 1.165) is 24.9 Å². The lowest BCUT2D eigenvalue weighted by molar-refractivity contribution is -0.123. The highest BCUT2D eigenvalue weighted by Gasteiger charge is 2.37. The Labute approximate surface area is 206 Å². The van der Waals surface area contributed by atoms with Crippen LogP contribution in [0.1, 0.15) is 63.1 Å². The van der Waals surface area contributed by atoms with Crippen LogP contribution in [-0.2, 0) is 11.3 Å². The molecule has 0 saturated carbocycles. The lowest BCUT2D eigenvalue weighted by Crippen LogP contribution is -2.48. The number of hydrogen-bond donors (Lipinski definition) is 1. The van der Waals surface area contributed by atoms with E-state index < -0.39 is 6.03 Å². The maximum absolute atomic E-state index is 13.1. The Hall–Kier alpha value is -2.99. The second-order valence-corrected chi connectivity index (χ2v) is 10.1. The van der Waals surface area contributed by atoms with Gasteiger partial charge in [0.1, 0.15) is 11.4 Å². The van der Waals surface area contributed by atoms with E-state index >= 15 is 0 Å². The molecule has 0 spiro atoms. The largest absolute Gasteiger partial charge is 0.496 e. The van der Waals surface area contributed by atoms with Crippen molar-refractivity contribution in [2.24, 2.45) is 0 Å². The number of fused-ring (bicyclic) bond motifs is 1. The molecule has 1 N–H and O–H groups in total. The van der Waals surface area contributed by atoms with Gasteiger partial charge >= 0.3 is 6.03 Å². The predicted octanol–water partition coefficient (Wildman–Crippen LogP) is 5.94. The summed E-state index contributed by atoms with van der Waals surface area (Å²) in [5, 5.41) is 3.24. The highest BCUT2D eigenvalue weighted by atomic mass is 35.5. The predicted molar refractivity (Wildman–Crippen MR) is 136 cm³/mol. The van der Waals surface area contributed by atoms with Crippen molar-refractivity contribution in [1.82, 2.24) is 10.2 Å². The lowest BCUT2D eigenvalue weighted by Gasteiger charge is -2.47. The molecular formula is C27H32ClN3O3. The number of amides is 3. The van der Waals surface area contributed by atoms with Gasteiger partial charge in [0.25, 0.3) is 5.91 Å². The summed E-state index contributed by atoms with van der Waals surface area (Å²) in [6.07, 6.45) is 3.79. The Bertz CT molecular complexity index is 1160. The van der Waals surface area contributed by atoms with Gasteiger partial charge in [0.15, 0.2) is 0 Å². The van der Waals surface area contributed by atoms with E-state index in [-0.39, 0.29) is 23.7 Å². The fourth-order valence-electron chi connectivity index (χ4n) is 5.13. The van der Waals surface area contributed by atoms with Gasteiger partial charge in [-0.2, -0.15) is 0 Å². The van der Waals surface area contributed by atoms with Crippen molar-refractivity contribution < 1.29 is 14.3 Å². The summed E-state index contributed by atoms with van der Waals surface area (Å²) in [5.74, 6) is 0.641. The number of rotatable bonds is 6. The highest BCUT2D eigenvalue weighted by molar-refractivity contribution is 6.31. The first-order valence-corrected chi connectivity index (χ1v) is 12.1. The molecule has 2 aliphatic rings. The van der Waals surface area contributed by atoms with Crippen molar-refractivity contribution in [2.75, 3.05) is 18.6 Å². The van der Waals surface area contributed by atoms with Crippen LogP contribution in [0.4, 0.5) is 10.5 Å². The Balaban J connectivity index is 1.69. The van der Waals surface area contributed by atoms with Gasteiger partial charge in [0.2, 0.25) is 0 Å². The molecule has 2 aromatic rings. The van der Waals surface area contributed by atoms with Crippen molar-refractivity contribution in [3.05, 3.63) is 63.8 Å². The maximum atomic E-state index is 13.1. The van der Waals surface area contributed by atoms with Crippen LogP contribution in [0.2, 0.25) is 5.02 Å². The molecule has 0 radical (unpaired) electrons. The summed E-state index contributed by atoms with van der Waals surface area (Å²) in [7, 11) is 1.63.